The summed E-state index contributed by atoms with van der Waals surface area (Å²) in [6, 6.07) is 8.29. The first kappa shape index (κ1) is 9.64. The van der Waals surface area contributed by atoms with Crippen LogP contribution >= 0.6 is 0 Å². The highest BCUT2D eigenvalue weighted by Gasteiger charge is 2.40. The van der Waals surface area contributed by atoms with Crippen LogP contribution in [0.2, 0.25) is 0 Å². The predicted octanol–water partition coefficient (Wildman–Crippen LogP) is 2.57. The first-order chi connectivity index (χ1) is 7.83. The average Bonchev–Trinajstić information content (AvgIpc) is 2.79. The lowest BCUT2D eigenvalue weighted by molar-refractivity contribution is 0.0701. The van der Waals surface area contributed by atoms with Crippen molar-refractivity contribution in [1.82, 2.24) is 4.90 Å². The fraction of sp³-hybridized carbons (Fsp3) is 0.357. The van der Waals surface area contributed by atoms with Gasteiger partial charge in [0.15, 0.2) is 0 Å². The highest BCUT2D eigenvalue weighted by Crippen LogP contribution is 2.39. The molecule has 0 spiro atoms. The highest BCUT2D eigenvalue weighted by molar-refractivity contribution is 5.97. The Kier molecular flexibility index (Phi) is 2.10. The molecule has 2 aliphatic heterocycles. The van der Waals surface area contributed by atoms with Gasteiger partial charge in [-0.1, -0.05) is 24.3 Å². The number of fused-ring (bicyclic) bond motifs is 2. The van der Waals surface area contributed by atoms with Gasteiger partial charge in [0.1, 0.15) is 0 Å². The zero-order chi connectivity index (χ0) is 11.1. The zero-order valence-electron chi connectivity index (χ0n) is 9.23. The van der Waals surface area contributed by atoms with Gasteiger partial charge in [0, 0.05) is 24.1 Å². The number of carbonyl (C=O) groups excluding carboxylic acids is 1. The smallest absolute Gasteiger partial charge is 0.254 e. The molecule has 1 saturated heterocycles. The maximum atomic E-state index is 12.3. The lowest BCUT2D eigenvalue weighted by Gasteiger charge is -2.36. The van der Waals surface area contributed by atoms with E-state index in [2.05, 4.69) is 12.6 Å². The van der Waals surface area contributed by atoms with E-state index in [1.54, 1.807) is 0 Å². The quantitative estimate of drug-likeness (QED) is 0.656. The molecule has 0 saturated carbocycles. The third-order valence-electron chi connectivity index (χ3n) is 3.78. The monoisotopic (exact) mass is 213 g/mol. The largest absolute Gasteiger partial charge is 0.335 e. The normalized spacial score (nSPS) is 27.5. The molecule has 0 aliphatic carbocycles. The number of amides is 1. The van der Waals surface area contributed by atoms with Crippen molar-refractivity contribution in [2.24, 2.45) is 0 Å². The third kappa shape index (κ3) is 1.16. The van der Waals surface area contributed by atoms with E-state index >= 15 is 0 Å². The summed E-state index contributed by atoms with van der Waals surface area (Å²) in [6.07, 6.45) is 4.22. The summed E-state index contributed by atoms with van der Waals surface area (Å²) in [4.78, 5) is 14.3. The van der Waals surface area contributed by atoms with Gasteiger partial charge in [0.25, 0.3) is 5.91 Å². The second-order valence-electron chi connectivity index (χ2n) is 4.56. The minimum absolute atomic E-state index is 0.205. The number of rotatable bonds is 1. The van der Waals surface area contributed by atoms with E-state index in [0.717, 1.165) is 30.5 Å². The Balaban J connectivity index is 2.16. The van der Waals surface area contributed by atoms with E-state index in [1.807, 2.05) is 29.2 Å². The molecule has 0 N–H and O–H groups in total. The van der Waals surface area contributed by atoms with Crippen LogP contribution < -0.4 is 0 Å². The van der Waals surface area contributed by atoms with E-state index in [9.17, 15) is 4.79 Å². The van der Waals surface area contributed by atoms with Crippen LogP contribution in [0.5, 0.6) is 0 Å². The Bertz CT molecular complexity index is 452. The van der Waals surface area contributed by atoms with Crippen molar-refractivity contribution in [3.63, 3.8) is 0 Å². The van der Waals surface area contributed by atoms with Gasteiger partial charge >= 0.3 is 0 Å². The first-order valence-corrected chi connectivity index (χ1v) is 5.85. The number of carbonyl (C=O) groups is 1. The molecule has 82 valence electrons. The van der Waals surface area contributed by atoms with Gasteiger partial charge in [-0.3, -0.25) is 4.79 Å². The van der Waals surface area contributed by atoms with E-state index in [4.69, 9.17) is 0 Å². The SMILES string of the molecule is C=C[C@@H]1c2ccccc2C(=O)N2CCC[C@@H]12. The molecule has 0 bridgehead atoms. The van der Waals surface area contributed by atoms with Gasteiger partial charge in [-0.05, 0) is 24.5 Å². The van der Waals surface area contributed by atoms with Gasteiger partial charge in [-0.2, -0.15) is 0 Å². The van der Waals surface area contributed by atoms with Crippen LogP contribution in [0.1, 0.15) is 34.7 Å². The highest BCUT2D eigenvalue weighted by atomic mass is 16.2. The molecule has 2 aliphatic rings. The molecular weight excluding hydrogens is 198 g/mol. The summed E-state index contributed by atoms with van der Waals surface area (Å²) in [6.45, 7) is 4.84. The van der Waals surface area contributed by atoms with Crippen molar-refractivity contribution in [3.05, 3.63) is 48.0 Å². The van der Waals surface area contributed by atoms with E-state index < -0.39 is 0 Å². The Morgan fingerprint density at radius 3 is 3.00 bits per heavy atom. The molecule has 2 nitrogen and oxygen atoms in total. The second kappa shape index (κ2) is 3.48. The van der Waals surface area contributed by atoms with Crippen LogP contribution in [-0.4, -0.2) is 23.4 Å². The topological polar surface area (TPSA) is 20.3 Å². The average molecular weight is 213 g/mol. The van der Waals surface area contributed by atoms with E-state index in [-0.39, 0.29) is 5.91 Å². The summed E-state index contributed by atoms with van der Waals surface area (Å²) >= 11 is 0. The van der Waals surface area contributed by atoms with Crippen molar-refractivity contribution in [3.8, 4) is 0 Å². The maximum Gasteiger partial charge on any atom is 0.254 e. The summed E-state index contributed by atoms with van der Waals surface area (Å²) in [5.74, 6) is 0.521. The van der Waals surface area contributed by atoms with Crippen LogP contribution in [0.25, 0.3) is 0 Å². The Hall–Kier alpha value is -1.57. The van der Waals surface area contributed by atoms with Gasteiger partial charge in [-0.25, -0.2) is 0 Å². The van der Waals surface area contributed by atoms with Crippen molar-refractivity contribution >= 4 is 5.91 Å². The summed E-state index contributed by atoms with van der Waals surface area (Å²) < 4.78 is 0. The third-order valence-corrected chi connectivity index (χ3v) is 3.78. The number of hydrogen-bond donors (Lipinski definition) is 0. The Morgan fingerprint density at radius 2 is 2.19 bits per heavy atom. The second-order valence-corrected chi connectivity index (χ2v) is 4.56. The van der Waals surface area contributed by atoms with Crippen molar-refractivity contribution in [1.29, 1.82) is 0 Å². The molecule has 0 aromatic heterocycles. The van der Waals surface area contributed by atoms with Crippen LogP contribution in [-0.2, 0) is 0 Å². The zero-order valence-corrected chi connectivity index (χ0v) is 9.23. The summed E-state index contributed by atoms with van der Waals surface area (Å²) in [7, 11) is 0. The van der Waals surface area contributed by atoms with Gasteiger partial charge in [0.2, 0.25) is 0 Å². The minimum atomic E-state index is 0.205. The predicted molar refractivity (Wildman–Crippen MR) is 63.4 cm³/mol. The standard InChI is InChI=1S/C14H15NO/c1-2-10-11-6-3-4-7-12(11)14(16)15-9-5-8-13(10)15/h2-4,6-7,10,13H,1,5,8-9H2/t10-,13+/m1/s1. The molecule has 0 radical (unpaired) electrons. The first-order valence-electron chi connectivity index (χ1n) is 5.85. The molecule has 1 fully saturated rings. The maximum absolute atomic E-state index is 12.3. The molecule has 1 aromatic rings. The Labute approximate surface area is 95.6 Å². The van der Waals surface area contributed by atoms with Crippen molar-refractivity contribution < 1.29 is 4.79 Å². The fourth-order valence-corrected chi connectivity index (χ4v) is 3.05. The number of hydrogen-bond acceptors (Lipinski definition) is 1. The molecular formula is C14H15NO. The number of nitrogens with zero attached hydrogens (tertiary/aromatic N) is 1. The van der Waals surface area contributed by atoms with Gasteiger partial charge in [-0.15, -0.1) is 6.58 Å². The van der Waals surface area contributed by atoms with Crippen molar-refractivity contribution in [2.45, 2.75) is 24.8 Å². The van der Waals surface area contributed by atoms with Gasteiger partial charge < -0.3 is 4.90 Å². The number of benzene rings is 1. The molecule has 1 amide bonds. The molecule has 1 aromatic carbocycles. The Morgan fingerprint density at radius 1 is 1.38 bits per heavy atom. The van der Waals surface area contributed by atoms with Crippen LogP contribution in [0.3, 0.4) is 0 Å². The minimum Gasteiger partial charge on any atom is -0.335 e. The van der Waals surface area contributed by atoms with Crippen LogP contribution in [0, 0.1) is 0 Å². The molecule has 2 heteroatoms. The molecule has 0 unspecified atom stereocenters. The molecule has 16 heavy (non-hydrogen) atoms. The van der Waals surface area contributed by atoms with E-state index in [1.165, 1.54) is 0 Å². The van der Waals surface area contributed by atoms with Crippen LogP contribution in [0.15, 0.2) is 36.9 Å². The summed E-state index contributed by atoms with van der Waals surface area (Å²) in [5, 5.41) is 0. The van der Waals surface area contributed by atoms with Crippen LogP contribution in [0.4, 0.5) is 0 Å². The van der Waals surface area contributed by atoms with Gasteiger partial charge in [0.05, 0.1) is 0 Å². The summed E-state index contributed by atoms with van der Waals surface area (Å²) in [5.41, 5.74) is 2.02. The molecule has 2 atom stereocenters. The lowest BCUT2D eigenvalue weighted by Crippen LogP contribution is -2.43. The fourth-order valence-electron chi connectivity index (χ4n) is 3.05. The van der Waals surface area contributed by atoms with Crippen molar-refractivity contribution in [2.75, 3.05) is 6.54 Å². The molecule has 3 rings (SSSR count). The van der Waals surface area contributed by atoms with E-state index in [0.29, 0.717) is 12.0 Å². The lowest BCUT2D eigenvalue weighted by atomic mass is 9.83. The molecule has 2 heterocycles.